The Balaban J connectivity index is 1.91. The molecule has 0 saturated carbocycles. The number of likely N-dealkylation sites (tertiary alicyclic amines) is 1. The molecule has 1 saturated heterocycles. The van der Waals surface area contributed by atoms with Crippen molar-refractivity contribution in [1.29, 1.82) is 0 Å². The maximum atomic E-state index is 12.6. The van der Waals surface area contributed by atoms with Crippen LogP contribution in [0.2, 0.25) is 0 Å². The van der Waals surface area contributed by atoms with E-state index in [2.05, 4.69) is 10.3 Å². The smallest absolute Gasteiger partial charge is 0.326 e. The lowest BCUT2D eigenvalue weighted by Crippen LogP contribution is -2.40. The second-order valence-electron chi connectivity index (χ2n) is 5.27. The average molecular weight is 300 g/mol. The fourth-order valence-corrected chi connectivity index (χ4v) is 2.74. The Kier molecular flexibility index (Phi) is 3.62. The summed E-state index contributed by atoms with van der Waals surface area (Å²) in [7, 11) is 0. The largest absolute Gasteiger partial charge is 0.480 e. The van der Waals surface area contributed by atoms with Crippen LogP contribution in [0.5, 0.6) is 0 Å². The number of aromatic nitrogens is 3. The van der Waals surface area contributed by atoms with Crippen LogP contribution in [0.1, 0.15) is 29.0 Å². The first-order valence-corrected chi connectivity index (χ1v) is 7.11. The van der Waals surface area contributed by atoms with Gasteiger partial charge in [-0.2, -0.15) is 0 Å². The molecule has 2 heterocycles. The van der Waals surface area contributed by atoms with Crippen LogP contribution in [-0.2, 0) is 4.79 Å². The number of amides is 1. The summed E-state index contributed by atoms with van der Waals surface area (Å²) in [5.41, 5.74) is 1.62. The van der Waals surface area contributed by atoms with Gasteiger partial charge in [0.15, 0.2) is 5.69 Å². The van der Waals surface area contributed by atoms with Gasteiger partial charge in [-0.3, -0.25) is 4.79 Å². The lowest BCUT2D eigenvalue weighted by atomic mass is 10.2. The highest BCUT2D eigenvalue weighted by Crippen LogP contribution is 2.21. The van der Waals surface area contributed by atoms with Gasteiger partial charge >= 0.3 is 5.97 Å². The van der Waals surface area contributed by atoms with Gasteiger partial charge < -0.3 is 10.0 Å². The van der Waals surface area contributed by atoms with Crippen LogP contribution in [0, 0.1) is 6.92 Å². The summed E-state index contributed by atoms with van der Waals surface area (Å²) in [6.45, 7) is 2.19. The summed E-state index contributed by atoms with van der Waals surface area (Å²) < 4.78 is 1.58. The lowest BCUT2D eigenvalue weighted by molar-refractivity contribution is -0.141. The Bertz CT molecular complexity index is 711. The Morgan fingerprint density at radius 1 is 1.27 bits per heavy atom. The molecule has 0 spiro atoms. The van der Waals surface area contributed by atoms with Gasteiger partial charge in [0.25, 0.3) is 5.91 Å². The predicted octanol–water partition coefficient (Wildman–Crippen LogP) is 1.26. The number of para-hydroxylation sites is 1. The van der Waals surface area contributed by atoms with Crippen LogP contribution in [0.3, 0.4) is 0 Å². The number of aliphatic carboxylic acids is 1. The highest BCUT2D eigenvalue weighted by molar-refractivity contribution is 5.96. The van der Waals surface area contributed by atoms with E-state index in [1.165, 1.54) is 4.90 Å². The number of carboxylic acids is 1. The fraction of sp³-hybridized carbons (Fsp3) is 0.333. The third-order valence-electron chi connectivity index (χ3n) is 3.90. The van der Waals surface area contributed by atoms with Crippen molar-refractivity contribution in [3.05, 3.63) is 41.7 Å². The molecule has 1 aromatic heterocycles. The van der Waals surface area contributed by atoms with Crippen molar-refractivity contribution in [1.82, 2.24) is 19.9 Å². The SMILES string of the molecule is Cc1c(C(=O)N2CCC[C@H]2C(=O)O)nnn1-c1ccccc1. The first-order chi connectivity index (χ1) is 10.6. The van der Waals surface area contributed by atoms with Crippen molar-refractivity contribution in [2.45, 2.75) is 25.8 Å². The fourth-order valence-electron chi connectivity index (χ4n) is 2.74. The van der Waals surface area contributed by atoms with Crippen LogP contribution in [0.4, 0.5) is 0 Å². The van der Waals surface area contributed by atoms with Gasteiger partial charge in [-0.15, -0.1) is 5.10 Å². The number of carboxylic acid groups (broad SMARTS) is 1. The van der Waals surface area contributed by atoms with Gasteiger partial charge in [0.1, 0.15) is 6.04 Å². The molecule has 1 atom stereocenters. The molecule has 0 bridgehead atoms. The number of hydrogen-bond donors (Lipinski definition) is 1. The monoisotopic (exact) mass is 300 g/mol. The number of carbonyl (C=O) groups excluding carboxylic acids is 1. The van der Waals surface area contributed by atoms with Crippen LogP contribution in [-0.4, -0.2) is 49.5 Å². The standard InChI is InChI=1S/C15H16N4O3/c1-10-13(14(20)18-9-5-8-12(18)15(21)22)16-17-19(10)11-6-3-2-4-7-11/h2-4,6-7,12H,5,8-9H2,1H3,(H,21,22)/t12-/m0/s1. The zero-order valence-electron chi connectivity index (χ0n) is 12.1. The predicted molar refractivity (Wildman–Crippen MR) is 77.8 cm³/mol. The molecule has 1 aliphatic rings. The molecule has 1 aliphatic heterocycles. The van der Waals surface area contributed by atoms with Gasteiger partial charge in [0, 0.05) is 6.54 Å². The molecule has 114 valence electrons. The summed E-state index contributed by atoms with van der Waals surface area (Å²) in [4.78, 5) is 25.2. The molecule has 0 aliphatic carbocycles. The van der Waals surface area contributed by atoms with Crippen molar-refractivity contribution in [2.75, 3.05) is 6.54 Å². The normalized spacial score (nSPS) is 17.7. The van der Waals surface area contributed by atoms with Gasteiger partial charge in [0.05, 0.1) is 11.4 Å². The maximum Gasteiger partial charge on any atom is 0.326 e. The molecule has 7 nitrogen and oxygen atoms in total. The van der Waals surface area contributed by atoms with Gasteiger partial charge in [0.2, 0.25) is 0 Å². The molecule has 1 aromatic carbocycles. The second-order valence-corrected chi connectivity index (χ2v) is 5.27. The number of rotatable bonds is 3. The van der Waals surface area contributed by atoms with E-state index in [-0.39, 0.29) is 11.6 Å². The van der Waals surface area contributed by atoms with E-state index in [9.17, 15) is 14.7 Å². The first kappa shape index (κ1) is 14.2. The number of carbonyl (C=O) groups is 2. The minimum Gasteiger partial charge on any atom is -0.480 e. The molecule has 0 unspecified atom stereocenters. The molecule has 7 heteroatoms. The van der Waals surface area contributed by atoms with Crippen molar-refractivity contribution >= 4 is 11.9 Å². The van der Waals surface area contributed by atoms with Crippen molar-refractivity contribution < 1.29 is 14.7 Å². The minimum atomic E-state index is -0.973. The Hall–Kier alpha value is -2.70. The highest BCUT2D eigenvalue weighted by atomic mass is 16.4. The molecular formula is C15H16N4O3. The van der Waals surface area contributed by atoms with E-state index in [0.29, 0.717) is 25.1 Å². The van der Waals surface area contributed by atoms with Crippen LogP contribution in [0.15, 0.2) is 30.3 Å². The van der Waals surface area contributed by atoms with Crippen LogP contribution >= 0.6 is 0 Å². The van der Waals surface area contributed by atoms with Gasteiger partial charge in [-0.05, 0) is 31.9 Å². The third kappa shape index (κ3) is 2.34. The average Bonchev–Trinajstić information content (AvgIpc) is 3.14. The molecule has 1 amide bonds. The van der Waals surface area contributed by atoms with E-state index >= 15 is 0 Å². The highest BCUT2D eigenvalue weighted by Gasteiger charge is 2.36. The summed E-state index contributed by atoms with van der Waals surface area (Å²) in [5.74, 6) is -1.34. The lowest BCUT2D eigenvalue weighted by Gasteiger charge is -2.20. The zero-order valence-corrected chi connectivity index (χ0v) is 12.1. The van der Waals surface area contributed by atoms with E-state index in [1.54, 1.807) is 11.6 Å². The molecule has 22 heavy (non-hydrogen) atoms. The van der Waals surface area contributed by atoms with E-state index < -0.39 is 12.0 Å². The topological polar surface area (TPSA) is 88.3 Å². The van der Waals surface area contributed by atoms with Crippen molar-refractivity contribution in [2.24, 2.45) is 0 Å². The van der Waals surface area contributed by atoms with Crippen molar-refractivity contribution in [3.8, 4) is 5.69 Å². The van der Waals surface area contributed by atoms with Crippen LogP contribution < -0.4 is 0 Å². The summed E-state index contributed by atoms with van der Waals surface area (Å²) in [6.07, 6.45) is 1.17. The quantitative estimate of drug-likeness (QED) is 0.922. The molecular weight excluding hydrogens is 284 g/mol. The summed E-state index contributed by atoms with van der Waals surface area (Å²) >= 11 is 0. The Morgan fingerprint density at radius 3 is 2.68 bits per heavy atom. The zero-order chi connectivity index (χ0) is 15.7. The molecule has 3 rings (SSSR count). The third-order valence-corrected chi connectivity index (χ3v) is 3.90. The van der Waals surface area contributed by atoms with Crippen LogP contribution in [0.25, 0.3) is 5.69 Å². The number of hydrogen-bond acceptors (Lipinski definition) is 4. The maximum absolute atomic E-state index is 12.6. The molecule has 1 N–H and O–H groups in total. The Morgan fingerprint density at radius 2 is 2.00 bits per heavy atom. The summed E-state index contributed by atoms with van der Waals surface area (Å²) in [5, 5.41) is 17.2. The van der Waals surface area contributed by atoms with Crippen molar-refractivity contribution in [3.63, 3.8) is 0 Å². The van der Waals surface area contributed by atoms with E-state index in [4.69, 9.17) is 0 Å². The number of benzene rings is 1. The Labute approximate surface area is 127 Å². The summed E-state index contributed by atoms with van der Waals surface area (Å²) in [6, 6.07) is 8.60. The number of nitrogens with zero attached hydrogens (tertiary/aromatic N) is 4. The molecule has 1 fully saturated rings. The molecule has 2 aromatic rings. The van der Waals surface area contributed by atoms with Gasteiger partial charge in [-0.1, -0.05) is 23.4 Å². The van der Waals surface area contributed by atoms with Gasteiger partial charge in [-0.25, -0.2) is 9.48 Å². The minimum absolute atomic E-state index is 0.206. The molecule has 0 radical (unpaired) electrons. The second kappa shape index (κ2) is 5.59. The first-order valence-electron chi connectivity index (χ1n) is 7.11. The van der Waals surface area contributed by atoms with E-state index in [0.717, 1.165) is 5.69 Å². The van der Waals surface area contributed by atoms with E-state index in [1.807, 2.05) is 30.3 Å².